The summed E-state index contributed by atoms with van der Waals surface area (Å²) >= 11 is 0. The van der Waals surface area contributed by atoms with Gasteiger partial charge in [0, 0.05) is 19.8 Å². The van der Waals surface area contributed by atoms with E-state index in [0.29, 0.717) is 5.69 Å². The average molecular weight is 152 g/mol. The fourth-order valence-electron chi connectivity index (χ4n) is 0.917. The molecule has 0 fully saturated rings. The van der Waals surface area contributed by atoms with E-state index in [0.717, 1.165) is 5.69 Å². The van der Waals surface area contributed by atoms with Gasteiger partial charge in [-0.3, -0.25) is 4.79 Å². The van der Waals surface area contributed by atoms with Crippen molar-refractivity contribution in [3.8, 4) is 0 Å². The van der Waals surface area contributed by atoms with Crippen LogP contribution >= 0.6 is 0 Å². The van der Waals surface area contributed by atoms with Crippen LogP contribution in [0.3, 0.4) is 0 Å². The Balaban J connectivity index is 3.21. The lowest BCUT2D eigenvalue weighted by molar-refractivity contribution is 1.06. The van der Waals surface area contributed by atoms with Crippen molar-refractivity contribution in [3.05, 3.63) is 28.2 Å². The fraction of sp³-hybridized carbons (Fsp3) is 0.375. The molecule has 11 heavy (non-hydrogen) atoms. The Labute approximate surface area is 65.7 Å². The molecule has 1 rings (SSSR count). The molecule has 0 bridgehead atoms. The molecule has 0 radical (unpaired) electrons. The summed E-state index contributed by atoms with van der Waals surface area (Å²) in [6.45, 7) is 1.86. The average Bonchev–Trinajstić information content (AvgIpc) is 1.85. The highest BCUT2D eigenvalue weighted by molar-refractivity contribution is 5.42. The van der Waals surface area contributed by atoms with E-state index in [1.165, 1.54) is 0 Å². The zero-order valence-electron chi connectivity index (χ0n) is 7.01. The van der Waals surface area contributed by atoms with Crippen LogP contribution in [0.4, 0.5) is 5.69 Å². The van der Waals surface area contributed by atoms with Crippen LogP contribution < -0.4 is 10.5 Å². The predicted octanol–water partition coefficient (Wildman–Crippen LogP) is 0.749. The zero-order valence-corrected chi connectivity index (χ0v) is 7.01. The molecule has 0 aromatic carbocycles. The largest absolute Gasteiger partial charge is 0.373 e. The van der Waals surface area contributed by atoms with E-state index in [2.05, 4.69) is 4.98 Å². The van der Waals surface area contributed by atoms with Gasteiger partial charge in [-0.2, -0.15) is 0 Å². The molecule has 0 atom stereocenters. The lowest BCUT2D eigenvalue weighted by Crippen LogP contribution is -2.20. The van der Waals surface area contributed by atoms with Crippen LogP contribution in [0.15, 0.2) is 16.9 Å². The lowest BCUT2D eigenvalue weighted by atomic mass is 10.3. The summed E-state index contributed by atoms with van der Waals surface area (Å²) in [4.78, 5) is 15.7. The number of aromatic nitrogens is 1. The monoisotopic (exact) mass is 152 g/mol. The highest BCUT2D eigenvalue weighted by Crippen LogP contribution is 2.01. The van der Waals surface area contributed by atoms with Gasteiger partial charge in [-0.15, -0.1) is 0 Å². The van der Waals surface area contributed by atoms with Crippen LogP contribution in [0, 0.1) is 6.92 Å². The Morgan fingerprint density at radius 3 is 2.45 bits per heavy atom. The third-order valence-corrected chi connectivity index (χ3v) is 1.52. The van der Waals surface area contributed by atoms with Gasteiger partial charge in [0.15, 0.2) is 0 Å². The SMILES string of the molecule is Cc1ccc(N(C)C)c(=O)[nH]1. The van der Waals surface area contributed by atoms with Gasteiger partial charge in [0.25, 0.3) is 5.56 Å². The Morgan fingerprint density at radius 2 is 2.00 bits per heavy atom. The molecule has 0 saturated carbocycles. The first-order valence-corrected chi connectivity index (χ1v) is 3.48. The molecular weight excluding hydrogens is 140 g/mol. The molecule has 1 aromatic heterocycles. The van der Waals surface area contributed by atoms with Gasteiger partial charge < -0.3 is 9.88 Å². The van der Waals surface area contributed by atoms with Crippen molar-refractivity contribution in [1.29, 1.82) is 0 Å². The Morgan fingerprint density at radius 1 is 1.36 bits per heavy atom. The highest BCUT2D eigenvalue weighted by atomic mass is 16.1. The van der Waals surface area contributed by atoms with E-state index in [1.807, 2.05) is 33.2 Å². The molecule has 0 amide bonds. The second-order valence-electron chi connectivity index (χ2n) is 2.75. The number of nitrogens with one attached hydrogen (secondary N) is 1. The van der Waals surface area contributed by atoms with Crippen molar-refractivity contribution < 1.29 is 0 Å². The van der Waals surface area contributed by atoms with E-state index in [4.69, 9.17) is 0 Å². The molecule has 0 saturated heterocycles. The van der Waals surface area contributed by atoms with Crippen LogP contribution in [-0.4, -0.2) is 19.1 Å². The Kier molecular flexibility index (Phi) is 1.98. The van der Waals surface area contributed by atoms with Crippen LogP contribution in [0.25, 0.3) is 0 Å². The lowest BCUT2D eigenvalue weighted by Gasteiger charge is -2.10. The maximum atomic E-state index is 11.2. The summed E-state index contributed by atoms with van der Waals surface area (Å²) in [7, 11) is 3.69. The quantitative estimate of drug-likeness (QED) is 0.644. The molecule has 0 aliphatic rings. The normalized spacial score (nSPS) is 9.73. The third kappa shape index (κ3) is 1.61. The van der Waals surface area contributed by atoms with Crippen LogP contribution in [0.5, 0.6) is 0 Å². The van der Waals surface area contributed by atoms with E-state index >= 15 is 0 Å². The van der Waals surface area contributed by atoms with E-state index in [1.54, 1.807) is 4.90 Å². The fourth-order valence-corrected chi connectivity index (χ4v) is 0.917. The number of nitrogens with zero attached hydrogens (tertiary/aromatic N) is 1. The molecule has 3 heteroatoms. The summed E-state index contributed by atoms with van der Waals surface area (Å²) in [5.74, 6) is 0. The number of hydrogen-bond acceptors (Lipinski definition) is 2. The molecular formula is C8H12N2O. The van der Waals surface area contributed by atoms with Crippen molar-refractivity contribution in [2.45, 2.75) is 6.92 Å². The zero-order chi connectivity index (χ0) is 8.43. The first-order valence-electron chi connectivity index (χ1n) is 3.48. The molecule has 0 aliphatic carbocycles. The van der Waals surface area contributed by atoms with Gasteiger partial charge in [-0.05, 0) is 19.1 Å². The standard InChI is InChI=1S/C8H12N2O/c1-6-4-5-7(10(2)3)8(11)9-6/h4-5H,1-3H3,(H,9,11). The van der Waals surface area contributed by atoms with Gasteiger partial charge in [-0.1, -0.05) is 0 Å². The molecule has 60 valence electrons. The van der Waals surface area contributed by atoms with Crippen LogP contribution in [-0.2, 0) is 0 Å². The number of pyridine rings is 1. The maximum absolute atomic E-state index is 11.2. The van der Waals surface area contributed by atoms with Crippen molar-refractivity contribution in [3.63, 3.8) is 0 Å². The van der Waals surface area contributed by atoms with E-state index in [-0.39, 0.29) is 5.56 Å². The number of H-pyrrole nitrogens is 1. The molecule has 0 unspecified atom stereocenters. The number of anilines is 1. The third-order valence-electron chi connectivity index (χ3n) is 1.52. The molecule has 1 N–H and O–H groups in total. The minimum Gasteiger partial charge on any atom is -0.373 e. The number of rotatable bonds is 1. The summed E-state index contributed by atoms with van der Waals surface area (Å²) in [6.07, 6.45) is 0. The van der Waals surface area contributed by atoms with Gasteiger partial charge >= 0.3 is 0 Å². The highest BCUT2D eigenvalue weighted by Gasteiger charge is 1.99. The molecule has 3 nitrogen and oxygen atoms in total. The van der Waals surface area contributed by atoms with Crippen LogP contribution in [0.2, 0.25) is 0 Å². The first-order chi connectivity index (χ1) is 5.11. The Bertz CT molecular complexity index is 301. The van der Waals surface area contributed by atoms with Gasteiger partial charge in [0.2, 0.25) is 0 Å². The van der Waals surface area contributed by atoms with Crippen molar-refractivity contribution in [1.82, 2.24) is 4.98 Å². The molecule has 1 heterocycles. The maximum Gasteiger partial charge on any atom is 0.271 e. The van der Waals surface area contributed by atoms with Gasteiger partial charge in [0.05, 0.1) is 0 Å². The summed E-state index contributed by atoms with van der Waals surface area (Å²) in [5, 5.41) is 0. The van der Waals surface area contributed by atoms with E-state index in [9.17, 15) is 4.79 Å². The second-order valence-corrected chi connectivity index (χ2v) is 2.75. The summed E-state index contributed by atoms with van der Waals surface area (Å²) < 4.78 is 0. The molecule has 0 aliphatic heterocycles. The molecule has 1 aromatic rings. The summed E-state index contributed by atoms with van der Waals surface area (Å²) in [5.41, 5.74) is 1.55. The minimum absolute atomic E-state index is 0.0324. The van der Waals surface area contributed by atoms with Crippen molar-refractivity contribution in [2.75, 3.05) is 19.0 Å². The second kappa shape index (κ2) is 2.78. The topological polar surface area (TPSA) is 36.1 Å². The minimum atomic E-state index is -0.0324. The predicted molar refractivity (Wildman–Crippen MR) is 46.1 cm³/mol. The molecule has 0 spiro atoms. The first kappa shape index (κ1) is 7.85. The van der Waals surface area contributed by atoms with Gasteiger partial charge in [-0.25, -0.2) is 0 Å². The smallest absolute Gasteiger partial charge is 0.271 e. The van der Waals surface area contributed by atoms with Crippen molar-refractivity contribution >= 4 is 5.69 Å². The van der Waals surface area contributed by atoms with Gasteiger partial charge in [0.1, 0.15) is 5.69 Å². The van der Waals surface area contributed by atoms with Crippen LogP contribution in [0.1, 0.15) is 5.69 Å². The number of aryl methyl sites for hydroxylation is 1. The number of aromatic amines is 1. The Hall–Kier alpha value is -1.25. The van der Waals surface area contributed by atoms with E-state index < -0.39 is 0 Å². The number of hydrogen-bond donors (Lipinski definition) is 1. The summed E-state index contributed by atoms with van der Waals surface area (Å²) in [6, 6.07) is 3.70. The van der Waals surface area contributed by atoms with Crippen molar-refractivity contribution in [2.24, 2.45) is 0 Å².